The summed E-state index contributed by atoms with van der Waals surface area (Å²) in [6.07, 6.45) is 6.77. The smallest absolute Gasteiger partial charge is 0.0705 e. The van der Waals surface area contributed by atoms with Crippen LogP contribution in [0.3, 0.4) is 0 Å². The van der Waals surface area contributed by atoms with Crippen LogP contribution in [0.4, 0.5) is 0 Å². The first-order chi connectivity index (χ1) is 11.7. The van der Waals surface area contributed by atoms with Crippen LogP contribution in [-0.2, 0) is 6.42 Å². The molecule has 24 heavy (non-hydrogen) atoms. The van der Waals surface area contributed by atoms with Crippen molar-refractivity contribution in [3.63, 3.8) is 0 Å². The van der Waals surface area contributed by atoms with Gasteiger partial charge in [0.25, 0.3) is 0 Å². The molecular formula is C22H24N2. The van der Waals surface area contributed by atoms with Crippen LogP contribution < -0.4 is 0 Å². The van der Waals surface area contributed by atoms with E-state index in [1.165, 1.54) is 47.2 Å². The fourth-order valence-corrected chi connectivity index (χ4v) is 3.15. The molecule has 1 fully saturated rings. The summed E-state index contributed by atoms with van der Waals surface area (Å²) in [5.74, 6) is 1.41. The number of pyridine rings is 2. The maximum absolute atomic E-state index is 4.83. The molecule has 0 amide bonds. The molecule has 2 heterocycles. The number of fused-ring (bicyclic) bond motifs is 1. The molecule has 1 aliphatic carbocycles. The zero-order valence-electron chi connectivity index (χ0n) is 14.5. The average molecular weight is 316 g/mol. The zero-order chi connectivity index (χ0) is 16.5. The monoisotopic (exact) mass is 316 g/mol. The largest absolute Gasteiger partial charge is 0.261 e. The van der Waals surface area contributed by atoms with Crippen LogP contribution in [0.25, 0.3) is 22.0 Å². The third kappa shape index (κ3) is 3.33. The van der Waals surface area contributed by atoms with E-state index in [1.54, 1.807) is 0 Å². The van der Waals surface area contributed by atoms with Crippen molar-refractivity contribution in [1.29, 1.82) is 0 Å². The van der Waals surface area contributed by atoms with Gasteiger partial charge in [-0.05, 0) is 73.1 Å². The maximum atomic E-state index is 4.83. The summed E-state index contributed by atoms with van der Waals surface area (Å²) >= 11 is 0. The lowest BCUT2D eigenvalue weighted by molar-refractivity contribution is 0.582. The Balaban J connectivity index is 1.63. The van der Waals surface area contributed by atoms with Gasteiger partial charge < -0.3 is 0 Å². The maximum Gasteiger partial charge on any atom is 0.0705 e. The fraction of sp³-hybridized carbons (Fsp3) is 0.364. The van der Waals surface area contributed by atoms with Gasteiger partial charge >= 0.3 is 0 Å². The predicted octanol–water partition coefficient (Wildman–Crippen LogP) is 5.76. The lowest BCUT2D eigenvalue weighted by Gasteiger charge is -2.08. The lowest BCUT2D eigenvalue weighted by atomic mass is 10.0. The lowest BCUT2D eigenvalue weighted by Crippen LogP contribution is -1.95. The van der Waals surface area contributed by atoms with Gasteiger partial charge in [0.1, 0.15) is 0 Å². The van der Waals surface area contributed by atoms with E-state index in [4.69, 9.17) is 4.98 Å². The molecule has 1 aliphatic rings. The second kappa shape index (κ2) is 6.35. The van der Waals surface area contributed by atoms with Gasteiger partial charge in [0.15, 0.2) is 0 Å². The van der Waals surface area contributed by atoms with E-state index in [2.05, 4.69) is 61.3 Å². The highest BCUT2D eigenvalue weighted by atomic mass is 14.7. The molecule has 0 bridgehead atoms. The minimum absolute atomic E-state index is 0.690. The summed E-state index contributed by atoms with van der Waals surface area (Å²) in [7, 11) is 0. The summed E-state index contributed by atoms with van der Waals surface area (Å²) in [6, 6.07) is 15.3. The van der Waals surface area contributed by atoms with Crippen molar-refractivity contribution < 1.29 is 0 Å². The van der Waals surface area contributed by atoms with Crippen LogP contribution >= 0.6 is 0 Å². The van der Waals surface area contributed by atoms with E-state index in [9.17, 15) is 0 Å². The number of aryl methyl sites for hydroxylation is 1. The first-order valence-electron chi connectivity index (χ1n) is 9.05. The number of hydrogen-bond acceptors (Lipinski definition) is 2. The van der Waals surface area contributed by atoms with Crippen LogP contribution in [0.15, 0.2) is 48.7 Å². The Hall–Kier alpha value is -2.22. The summed E-state index contributed by atoms with van der Waals surface area (Å²) in [5.41, 5.74) is 6.05. The Bertz CT molecular complexity index is 863. The average Bonchev–Trinajstić information content (AvgIpc) is 3.44. The van der Waals surface area contributed by atoms with Gasteiger partial charge in [-0.25, -0.2) is 0 Å². The van der Waals surface area contributed by atoms with Crippen LogP contribution in [-0.4, -0.2) is 9.97 Å². The fourth-order valence-electron chi connectivity index (χ4n) is 3.15. The van der Waals surface area contributed by atoms with Gasteiger partial charge in [-0.15, -0.1) is 0 Å². The first-order valence-corrected chi connectivity index (χ1v) is 9.05. The molecule has 0 N–H and O–H groups in total. The van der Waals surface area contributed by atoms with Gasteiger partial charge in [0.2, 0.25) is 0 Å². The molecule has 0 radical (unpaired) electrons. The third-order valence-corrected chi connectivity index (χ3v) is 4.83. The minimum Gasteiger partial charge on any atom is -0.261 e. The second-order valence-electron chi connectivity index (χ2n) is 7.39. The van der Waals surface area contributed by atoms with Crippen LogP contribution in [0.5, 0.6) is 0 Å². The highest BCUT2D eigenvalue weighted by molar-refractivity contribution is 5.84. The number of aromatic nitrogens is 2. The van der Waals surface area contributed by atoms with Gasteiger partial charge in [-0.3, -0.25) is 9.97 Å². The SMILES string of the molecule is CC(C)CCc1ccc2cc(-c3ccnc(C4CC4)c3)ccc2n1. The zero-order valence-corrected chi connectivity index (χ0v) is 14.5. The quantitative estimate of drug-likeness (QED) is 0.598. The normalized spacial score (nSPS) is 14.5. The Morgan fingerprint density at radius 1 is 1.00 bits per heavy atom. The minimum atomic E-state index is 0.690. The molecule has 2 nitrogen and oxygen atoms in total. The van der Waals surface area contributed by atoms with Crippen molar-refractivity contribution >= 4 is 10.9 Å². The molecule has 2 aromatic heterocycles. The third-order valence-electron chi connectivity index (χ3n) is 4.83. The second-order valence-corrected chi connectivity index (χ2v) is 7.39. The molecule has 122 valence electrons. The summed E-state index contributed by atoms with van der Waals surface area (Å²) in [6.45, 7) is 4.52. The summed E-state index contributed by atoms with van der Waals surface area (Å²) in [5, 5.41) is 1.21. The number of benzene rings is 1. The standard InChI is InChI=1S/C22H24N2/c1-15(2)3-8-20-9-6-19-13-17(7-10-21(19)24-20)18-11-12-23-22(14-18)16-4-5-16/h6-7,9-16H,3-5,8H2,1-2H3. The van der Waals surface area contributed by atoms with Crippen LogP contribution in [0.2, 0.25) is 0 Å². The van der Waals surface area contributed by atoms with Crippen molar-refractivity contribution in [2.24, 2.45) is 5.92 Å². The van der Waals surface area contributed by atoms with Gasteiger partial charge in [-0.1, -0.05) is 26.0 Å². The van der Waals surface area contributed by atoms with Crippen LogP contribution in [0.1, 0.15) is 50.4 Å². The molecule has 0 aliphatic heterocycles. The molecule has 0 spiro atoms. The Labute approximate surface area is 144 Å². The molecule has 1 aromatic carbocycles. The summed E-state index contributed by atoms with van der Waals surface area (Å²) < 4.78 is 0. The topological polar surface area (TPSA) is 25.8 Å². The molecule has 2 heteroatoms. The molecular weight excluding hydrogens is 292 g/mol. The van der Waals surface area contributed by atoms with Crippen molar-refractivity contribution in [3.05, 3.63) is 60.0 Å². The first kappa shape index (κ1) is 15.3. The van der Waals surface area contributed by atoms with E-state index in [-0.39, 0.29) is 0 Å². The van der Waals surface area contributed by atoms with Crippen molar-refractivity contribution in [2.75, 3.05) is 0 Å². The molecule has 1 saturated carbocycles. The molecule has 0 unspecified atom stereocenters. The van der Waals surface area contributed by atoms with E-state index in [0.717, 1.165) is 17.9 Å². The van der Waals surface area contributed by atoms with Crippen molar-refractivity contribution in [3.8, 4) is 11.1 Å². The predicted molar refractivity (Wildman–Crippen MR) is 100 cm³/mol. The van der Waals surface area contributed by atoms with Gasteiger partial charge in [0, 0.05) is 28.9 Å². The Morgan fingerprint density at radius 2 is 1.83 bits per heavy atom. The molecule has 3 aromatic rings. The van der Waals surface area contributed by atoms with E-state index in [1.807, 2.05) is 6.20 Å². The molecule has 0 saturated heterocycles. The molecule has 4 rings (SSSR count). The molecule has 0 atom stereocenters. The number of hydrogen-bond donors (Lipinski definition) is 0. The van der Waals surface area contributed by atoms with Crippen molar-refractivity contribution in [1.82, 2.24) is 9.97 Å². The Kier molecular flexibility index (Phi) is 4.05. The highest BCUT2D eigenvalue weighted by Crippen LogP contribution is 2.40. The number of rotatable bonds is 5. The Morgan fingerprint density at radius 3 is 2.62 bits per heavy atom. The van der Waals surface area contributed by atoms with E-state index in [0.29, 0.717) is 5.92 Å². The van der Waals surface area contributed by atoms with Crippen molar-refractivity contribution in [2.45, 2.75) is 45.4 Å². The van der Waals surface area contributed by atoms with Gasteiger partial charge in [-0.2, -0.15) is 0 Å². The summed E-state index contributed by atoms with van der Waals surface area (Å²) in [4.78, 5) is 9.35. The van der Waals surface area contributed by atoms with E-state index < -0.39 is 0 Å². The van der Waals surface area contributed by atoms with E-state index >= 15 is 0 Å². The number of nitrogens with zero attached hydrogens (tertiary/aromatic N) is 2. The van der Waals surface area contributed by atoms with Gasteiger partial charge in [0.05, 0.1) is 5.52 Å². The highest BCUT2D eigenvalue weighted by Gasteiger charge is 2.24. The van der Waals surface area contributed by atoms with Crippen LogP contribution in [0, 0.1) is 5.92 Å².